The van der Waals surface area contributed by atoms with Crippen molar-refractivity contribution in [3.8, 4) is 6.07 Å². The van der Waals surface area contributed by atoms with Crippen LogP contribution in [-0.2, 0) is 9.59 Å². The van der Waals surface area contributed by atoms with Crippen molar-refractivity contribution in [2.45, 2.75) is 38.6 Å². The second kappa shape index (κ2) is 6.11. The summed E-state index contributed by atoms with van der Waals surface area (Å²) >= 11 is 0. The summed E-state index contributed by atoms with van der Waals surface area (Å²) in [5.74, 6) is -0.0513. The Bertz CT molecular complexity index is 301. The van der Waals surface area contributed by atoms with Crippen molar-refractivity contribution in [1.82, 2.24) is 10.2 Å². The largest absolute Gasteiger partial charge is 0.352 e. The molecule has 0 aromatic heterocycles. The summed E-state index contributed by atoms with van der Waals surface area (Å²) < 4.78 is 0. The smallest absolute Gasteiger partial charge is 0.234 e. The summed E-state index contributed by atoms with van der Waals surface area (Å²) in [6.45, 7) is 3.25. The van der Waals surface area contributed by atoms with Crippen molar-refractivity contribution >= 4 is 11.8 Å². The van der Waals surface area contributed by atoms with Crippen molar-refractivity contribution in [2.75, 3.05) is 13.1 Å². The summed E-state index contributed by atoms with van der Waals surface area (Å²) in [6.07, 6.45) is 2.01. The maximum atomic E-state index is 11.4. The van der Waals surface area contributed by atoms with E-state index in [1.807, 2.05) is 17.9 Å². The average molecular weight is 223 g/mol. The number of amides is 2. The Morgan fingerprint density at radius 3 is 2.56 bits per heavy atom. The Hall–Kier alpha value is -1.57. The lowest BCUT2D eigenvalue weighted by molar-refractivity contribution is -0.132. The number of hydrogen-bond acceptors (Lipinski definition) is 3. The van der Waals surface area contributed by atoms with E-state index >= 15 is 0 Å². The topological polar surface area (TPSA) is 73.2 Å². The molecule has 0 saturated carbocycles. The molecule has 0 spiro atoms. The lowest BCUT2D eigenvalue weighted by atomic mass is 10.0. The van der Waals surface area contributed by atoms with Crippen LogP contribution >= 0.6 is 0 Å². The summed E-state index contributed by atoms with van der Waals surface area (Å²) in [5.41, 5.74) is 0. The van der Waals surface area contributed by atoms with E-state index in [0.717, 1.165) is 12.8 Å². The van der Waals surface area contributed by atoms with Crippen LogP contribution in [0, 0.1) is 11.3 Å². The van der Waals surface area contributed by atoms with Crippen molar-refractivity contribution in [2.24, 2.45) is 0 Å². The molecule has 0 bridgehead atoms. The third kappa shape index (κ3) is 3.54. The average Bonchev–Trinajstić information content (AvgIpc) is 2.29. The van der Waals surface area contributed by atoms with Gasteiger partial charge in [-0.3, -0.25) is 9.59 Å². The third-order valence-electron chi connectivity index (χ3n) is 2.75. The number of carbonyl (C=O) groups excluding carboxylic acids is 2. The van der Waals surface area contributed by atoms with E-state index in [0.29, 0.717) is 19.5 Å². The van der Waals surface area contributed by atoms with Gasteiger partial charge in [-0.1, -0.05) is 6.92 Å². The van der Waals surface area contributed by atoms with Crippen LogP contribution in [0.25, 0.3) is 0 Å². The SMILES string of the molecule is CCC(=O)N1CCC(NC(=O)CC#N)CC1. The first-order chi connectivity index (χ1) is 7.67. The van der Waals surface area contributed by atoms with Crippen molar-refractivity contribution in [3.05, 3.63) is 0 Å². The van der Waals surface area contributed by atoms with E-state index in [1.165, 1.54) is 0 Å². The minimum Gasteiger partial charge on any atom is -0.352 e. The standard InChI is InChI=1S/C11H17N3O2/c1-2-11(16)14-7-4-9(5-8-14)13-10(15)3-6-12/h9H,2-5,7-8H2,1H3,(H,13,15). The molecule has 16 heavy (non-hydrogen) atoms. The molecule has 5 nitrogen and oxygen atoms in total. The van der Waals surface area contributed by atoms with Crippen LogP contribution in [0.1, 0.15) is 32.6 Å². The molecule has 1 saturated heterocycles. The van der Waals surface area contributed by atoms with E-state index in [9.17, 15) is 9.59 Å². The third-order valence-corrected chi connectivity index (χ3v) is 2.75. The van der Waals surface area contributed by atoms with Gasteiger partial charge in [0.25, 0.3) is 0 Å². The lowest BCUT2D eigenvalue weighted by Crippen LogP contribution is -2.46. The summed E-state index contributed by atoms with van der Waals surface area (Å²) in [4.78, 5) is 24.4. The van der Waals surface area contributed by atoms with Gasteiger partial charge in [0, 0.05) is 25.6 Å². The molecule has 0 aliphatic carbocycles. The first-order valence-corrected chi connectivity index (χ1v) is 5.61. The van der Waals surface area contributed by atoms with Crippen LogP contribution < -0.4 is 5.32 Å². The lowest BCUT2D eigenvalue weighted by Gasteiger charge is -2.32. The van der Waals surface area contributed by atoms with Gasteiger partial charge in [0.2, 0.25) is 11.8 Å². The number of hydrogen-bond donors (Lipinski definition) is 1. The fourth-order valence-electron chi connectivity index (χ4n) is 1.85. The second-order valence-corrected chi connectivity index (χ2v) is 3.91. The van der Waals surface area contributed by atoms with Crippen molar-refractivity contribution in [1.29, 1.82) is 5.26 Å². The van der Waals surface area contributed by atoms with E-state index in [1.54, 1.807) is 0 Å². The van der Waals surface area contributed by atoms with Crippen molar-refractivity contribution in [3.63, 3.8) is 0 Å². The van der Waals surface area contributed by atoms with E-state index < -0.39 is 0 Å². The summed E-state index contributed by atoms with van der Waals surface area (Å²) in [5, 5.41) is 11.1. The highest BCUT2D eigenvalue weighted by Crippen LogP contribution is 2.11. The van der Waals surface area contributed by atoms with Gasteiger partial charge >= 0.3 is 0 Å². The number of rotatable bonds is 3. The first kappa shape index (κ1) is 12.5. The Morgan fingerprint density at radius 1 is 1.44 bits per heavy atom. The van der Waals surface area contributed by atoms with Crippen LogP contribution in [0.4, 0.5) is 0 Å². The Morgan fingerprint density at radius 2 is 2.06 bits per heavy atom. The maximum Gasteiger partial charge on any atom is 0.234 e. The Balaban J connectivity index is 2.30. The first-order valence-electron chi connectivity index (χ1n) is 5.61. The molecule has 1 aliphatic heterocycles. The quantitative estimate of drug-likeness (QED) is 0.753. The zero-order valence-electron chi connectivity index (χ0n) is 9.53. The zero-order chi connectivity index (χ0) is 12.0. The molecule has 2 amide bonds. The normalized spacial score (nSPS) is 16.6. The van der Waals surface area contributed by atoms with Crippen LogP contribution in [0.2, 0.25) is 0 Å². The van der Waals surface area contributed by atoms with Crippen LogP contribution in [0.15, 0.2) is 0 Å². The van der Waals surface area contributed by atoms with Gasteiger partial charge in [0.1, 0.15) is 6.42 Å². The molecular weight excluding hydrogens is 206 g/mol. The van der Waals surface area contributed by atoms with Gasteiger partial charge in [-0.25, -0.2) is 0 Å². The van der Waals surface area contributed by atoms with Gasteiger partial charge in [-0.15, -0.1) is 0 Å². The van der Waals surface area contributed by atoms with Gasteiger partial charge in [-0.05, 0) is 12.8 Å². The van der Waals surface area contributed by atoms with Crippen LogP contribution in [-0.4, -0.2) is 35.8 Å². The molecule has 5 heteroatoms. The van der Waals surface area contributed by atoms with E-state index in [2.05, 4.69) is 5.32 Å². The molecule has 0 aromatic carbocycles. The molecule has 0 aromatic rings. The molecule has 1 heterocycles. The monoisotopic (exact) mass is 223 g/mol. The van der Waals surface area contributed by atoms with Crippen LogP contribution in [0.5, 0.6) is 0 Å². The minimum absolute atomic E-state index is 0.0892. The predicted octanol–water partition coefficient (Wildman–Crippen LogP) is 0.417. The Labute approximate surface area is 95.4 Å². The molecule has 0 unspecified atom stereocenters. The van der Waals surface area contributed by atoms with Gasteiger partial charge in [0.05, 0.1) is 6.07 Å². The number of likely N-dealkylation sites (tertiary alicyclic amines) is 1. The molecule has 0 radical (unpaired) electrons. The van der Waals surface area contributed by atoms with Crippen LogP contribution in [0.3, 0.4) is 0 Å². The molecule has 0 atom stereocenters. The number of nitriles is 1. The fraction of sp³-hybridized carbons (Fsp3) is 0.727. The van der Waals surface area contributed by atoms with Crippen molar-refractivity contribution < 1.29 is 9.59 Å². The highest BCUT2D eigenvalue weighted by atomic mass is 16.2. The van der Waals surface area contributed by atoms with Gasteiger partial charge in [0.15, 0.2) is 0 Å². The number of nitrogens with one attached hydrogen (secondary N) is 1. The second-order valence-electron chi connectivity index (χ2n) is 3.91. The highest BCUT2D eigenvalue weighted by molar-refractivity contribution is 5.78. The molecular formula is C11H17N3O2. The van der Waals surface area contributed by atoms with E-state index in [-0.39, 0.29) is 24.3 Å². The van der Waals surface area contributed by atoms with Gasteiger partial charge in [-0.2, -0.15) is 5.26 Å². The highest BCUT2D eigenvalue weighted by Gasteiger charge is 2.22. The Kier molecular flexibility index (Phi) is 4.77. The zero-order valence-corrected chi connectivity index (χ0v) is 9.53. The number of nitrogens with zero attached hydrogens (tertiary/aromatic N) is 2. The molecule has 1 N–H and O–H groups in total. The molecule has 1 rings (SSSR count). The number of carbonyl (C=O) groups is 2. The minimum atomic E-state index is -0.220. The fourth-order valence-corrected chi connectivity index (χ4v) is 1.85. The molecule has 1 aliphatic rings. The van der Waals surface area contributed by atoms with Gasteiger partial charge < -0.3 is 10.2 Å². The summed E-state index contributed by atoms with van der Waals surface area (Å²) in [7, 11) is 0. The molecule has 88 valence electrons. The maximum absolute atomic E-state index is 11.4. The summed E-state index contributed by atoms with van der Waals surface area (Å²) in [6, 6.07) is 1.93. The molecule has 1 fully saturated rings. The van der Waals surface area contributed by atoms with E-state index in [4.69, 9.17) is 5.26 Å². The number of piperidine rings is 1. The predicted molar refractivity (Wildman–Crippen MR) is 58.3 cm³/mol.